The van der Waals surface area contributed by atoms with Gasteiger partial charge >= 0.3 is 5.97 Å². The molecule has 1 aliphatic carbocycles. The Kier molecular flexibility index (Phi) is 5.06. The van der Waals surface area contributed by atoms with E-state index in [1.807, 2.05) is 0 Å². The molecule has 1 saturated carbocycles. The van der Waals surface area contributed by atoms with Gasteiger partial charge in [0.2, 0.25) is 0 Å². The van der Waals surface area contributed by atoms with Gasteiger partial charge in [0.15, 0.2) is 0 Å². The monoisotopic (exact) mass is 331 g/mol. The molecule has 0 amide bonds. The molecule has 0 radical (unpaired) electrons. The van der Waals surface area contributed by atoms with Gasteiger partial charge in [0.1, 0.15) is 9.09 Å². The number of nitrogens with zero attached hydrogens (tertiary/aromatic N) is 1. The number of hydrogen-bond acceptors (Lipinski definition) is 4. The highest BCUT2D eigenvalue weighted by Gasteiger charge is 2.31. The van der Waals surface area contributed by atoms with Crippen molar-refractivity contribution in [2.24, 2.45) is 0 Å². The molecular formula is C14H21NO4S2. The summed E-state index contributed by atoms with van der Waals surface area (Å²) in [7, 11) is -1.99. The van der Waals surface area contributed by atoms with E-state index in [0.29, 0.717) is 5.56 Å². The van der Waals surface area contributed by atoms with E-state index in [1.54, 1.807) is 14.0 Å². The van der Waals surface area contributed by atoms with E-state index in [1.165, 1.54) is 10.4 Å². The van der Waals surface area contributed by atoms with Crippen LogP contribution in [0.15, 0.2) is 10.3 Å². The molecule has 0 bridgehead atoms. The molecule has 0 spiro atoms. The summed E-state index contributed by atoms with van der Waals surface area (Å²) in [5, 5.41) is 9.07. The predicted molar refractivity (Wildman–Crippen MR) is 82.5 cm³/mol. The molecule has 0 unspecified atom stereocenters. The lowest BCUT2D eigenvalue weighted by molar-refractivity contribution is 0.0701. The summed E-state index contributed by atoms with van der Waals surface area (Å²) in [6.45, 7) is 1.63. The zero-order chi connectivity index (χ0) is 15.6. The average molecular weight is 331 g/mol. The molecule has 1 aliphatic rings. The minimum Gasteiger partial charge on any atom is -0.477 e. The van der Waals surface area contributed by atoms with Gasteiger partial charge in [-0.1, -0.05) is 25.7 Å². The van der Waals surface area contributed by atoms with Crippen LogP contribution in [-0.2, 0) is 10.0 Å². The number of carboxylic acids is 1. The van der Waals surface area contributed by atoms with Crippen molar-refractivity contribution >= 4 is 27.3 Å². The fourth-order valence-corrected chi connectivity index (χ4v) is 5.73. The van der Waals surface area contributed by atoms with E-state index < -0.39 is 16.0 Å². The van der Waals surface area contributed by atoms with Gasteiger partial charge in [-0.15, -0.1) is 11.3 Å². The molecule has 0 aromatic carbocycles. The van der Waals surface area contributed by atoms with Gasteiger partial charge in [0, 0.05) is 13.1 Å². The van der Waals surface area contributed by atoms with Crippen molar-refractivity contribution in [1.82, 2.24) is 4.31 Å². The Hall–Kier alpha value is -0.920. The zero-order valence-corrected chi connectivity index (χ0v) is 14.0. The molecule has 0 aliphatic heterocycles. The third-order valence-corrected chi connectivity index (χ3v) is 7.65. The minimum atomic E-state index is -3.60. The quantitative estimate of drug-likeness (QED) is 0.860. The molecule has 0 atom stereocenters. The number of aromatic carboxylic acids is 1. The summed E-state index contributed by atoms with van der Waals surface area (Å²) in [5.74, 6) is -1.07. The Morgan fingerprint density at radius 2 is 1.86 bits per heavy atom. The van der Waals surface area contributed by atoms with Gasteiger partial charge in [-0.05, 0) is 31.4 Å². The second-order valence-corrected chi connectivity index (χ2v) is 8.83. The van der Waals surface area contributed by atoms with Crippen molar-refractivity contribution in [2.75, 3.05) is 7.05 Å². The van der Waals surface area contributed by atoms with Crippen LogP contribution in [0.2, 0.25) is 0 Å². The predicted octanol–water partition coefficient (Wildman–Crippen LogP) is 3.10. The highest BCUT2D eigenvalue weighted by Crippen LogP contribution is 2.31. The molecule has 1 aromatic heterocycles. The normalized spacial score (nSPS) is 17.9. The Bertz CT molecular complexity index is 613. The highest BCUT2D eigenvalue weighted by atomic mass is 32.2. The third-order valence-electron chi connectivity index (χ3n) is 4.06. The van der Waals surface area contributed by atoms with E-state index >= 15 is 0 Å². The number of hydrogen-bond donors (Lipinski definition) is 1. The van der Waals surface area contributed by atoms with Gasteiger partial charge in [-0.2, -0.15) is 4.31 Å². The van der Waals surface area contributed by atoms with Crippen LogP contribution in [0.25, 0.3) is 0 Å². The van der Waals surface area contributed by atoms with Crippen molar-refractivity contribution in [3.05, 3.63) is 16.5 Å². The average Bonchev–Trinajstić information content (AvgIpc) is 2.65. The molecule has 0 saturated heterocycles. The summed E-state index contributed by atoms with van der Waals surface area (Å²) in [5.41, 5.74) is 0.500. The first-order valence-electron chi connectivity index (χ1n) is 7.16. The largest absolute Gasteiger partial charge is 0.477 e. The van der Waals surface area contributed by atoms with Gasteiger partial charge in [0.05, 0.1) is 0 Å². The molecular weight excluding hydrogens is 310 g/mol. The van der Waals surface area contributed by atoms with E-state index in [-0.39, 0.29) is 15.1 Å². The van der Waals surface area contributed by atoms with Crippen LogP contribution in [0.4, 0.5) is 0 Å². The zero-order valence-electron chi connectivity index (χ0n) is 12.3. The number of carbonyl (C=O) groups is 1. The lowest BCUT2D eigenvalue weighted by Gasteiger charge is -2.25. The van der Waals surface area contributed by atoms with Crippen molar-refractivity contribution in [3.63, 3.8) is 0 Å². The second-order valence-electron chi connectivity index (χ2n) is 5.55. The van der Waals surface area contributed by atoms with Crippen LogP contribution in [0.1, 0.15) is 53.8 Å². The molecule has 21 heavy (non-hydrogen) atoms. The maximum Gasteiger partial charge on any atom is 0.346 e. The molecule has 1 fully saturated rings. The summed E-state index contributed by atoms with van der Waals surface area (Å²) >= 11 is 0.843. The first-order valence-corrected chi connectivity index (χ1v) is 9.41. The smallest absolute Gasteiger partial charge is 0.346 e. The molecule has 7 heteroatoms. The summed E-state index contributed by atoms with van der Waals surface area (Å²) in [6, 6.07) is 1.49. The summed E-state index contributed by atoms with van der Waals surface area (Å²) < 4.78 is 26.9. The van der Waals surface area contributed by atoms with E-state index in [0.717, 1.165) is 49.9 Å². The minimum absolute atomic E-state index is 0.0215. The van der Waals surface area contributed by atoms with Crippen LogP contribution in [0.5, 0.6) is 0 Å². The second kappa shape index (κ2) is 6.46. The SMILES string of the molecule is Cc1cc(S(=O)(=O)N(C)C2CCCCCC2)sc1C(=O)O. The van der Waals surface area contributed by atoms with E-state index in [4.69, 9.17) is 5.11 Å². The van der Waals surface area contributed by atoms with Crippen molar-refractivity contribution in [3.8, 4) is 0 Å². The van der Waals surface area contributed by atoms with E-state index in [2.05, 4.69) is 0 Å². The van der Waals surface area contributed by atoms with Crippen LogP contribution in [0.3, 0.4) is 0 Å². The standard InChI is InChI=1S/C14H21NO4S2/c1-10-9-12(20-13(10)14(16)17)21(18,19)15(2)11-7-5-3-4-6-8-11/h9,11H,3-8H2,1-2H3,(H,16,17). The Morgan fingerprint density at radius 3 is 2.33 bits per heavy atom. The molecule has 5 nitrogen and oxygen atoms in total. The number of aryl methyl sites for hydroxylation is 1. The third kappa shape index (κ3) is 3.46. The number of rotatable bonds is 4. The molecule has 1 N–H and O–H groups in total. The van der Waals surface area contributed by atoms with Gasteiger partial charge in [-0.25, -0.2) is 13.2 Å². The molecule has 2 rings (SSSR count). The van der Waals surface area contributed by atoms with Crippen LogP contribution < -0.4 is 0 Å². The Morgan fingerprint density at radius 1 is 1.29 bits per heavy atom. The van der Waals surface area contributed by atoms with Gasteiger partial charge in [0.25, 0.3) is 10.0 Å². The number of carboxylic acid groups (broad SMARTS) is 1. The number of thiophene rings is 1. The van der Waals surface area contributed by atoms with Gasteiger partial charge in [-0.3, -0.25) is 0 Å². The molecule has 118 valence electrons. The Balaban J connectivity index is 2.28. The fraction of sp³-hybridized carbons (Fsp3) is 0.643. The van der Waals surface area contributed by atoms with Crippen molar-refractivity contribution in [1.29, 1.82) is 0 Å². The lowest BCUT2D eigenvalue weighted by Crippen LogP contribution is -2.36. The topological polar surface area (TPSA) is 74.7 Å². The summed E-state index contributed by atoms with van der Waals surface area (Å²) in [6.07, 6.45) is 6.18. The fourth-order valence-electron chi connectivity index (χ4n) is 2.75. The lowest BCUT2D eigenvalue weighted by atomic mass is 10.1. The number of sulfonamides is 1. The van der Waals surface area contributed by atoms with Crippen LogP contribution in [-0.4, -0.2) is 36.9 Å². The van der Waals surface area contributed by atoms with Crippen molar-refractivity contribution < 1.29 is 18.3 Å². The molecule has 1 aromatic rings. The van der Waals surface area contributed by atoms with Crippen LogP contribution >= 0.6 is 11.3 Å². The molecule has 1 heterocycles. The highest BCUT2D eigenvalue weighted by molar-refractivity contribution is 7.91. The maximum atomic E-state index is 12.7. The first-order chi connectivity index (χ1) is 9.84. The van der Waals surface area contributed by atoms with E-state index in [9.17, 15) is 13.2 Å². The van der Waals surface area contributed by atoms with Gasteiger partial charge < -0.3 is 5.11 Å². The summed E-state index contributed by atoms with van der Waals surface area (Å²) in [4.78, 5) is 11.2. The Labute approximate surface area is 129 Å². The van der Waals surface area contributed by atoms with Crippen LogP contribution in [0, 0.1) is 6.92 Å². The first kappa shape index (κ1) is 16.5. The van der Waals surface area contributed by atoms with Crippen molar-refractivity contribution in [2.45, 2.75) is 55.7 Å². The maximum absolute atomic E-state index is 12.7.